The maximum absolute atomic E-state index is 12.3. The number of hydrogen-bond donors (Lipinski definition) is 2. The van der Waals surface area contributed by atoms with E-state index in [4.69, 9.17) is 15.2 Å². The normalized spacial score (nSPS) is 23.2. The van der Waals surface area contributed by atoms with Crippen LogP contribution in [0.4, 0.5) is 0 Å². The zero-order valence-corrected chi connectivity index (χ0v) is 13.1. The summed E-state index contributed by atoms with van der Waals surface area (Å²) in [6.45, 7) is 1.18. The van der Waals surface area contributed by atoms with E-state index >= 15 is 0 Å². The lowest BCUT2D eigenvalue weighted by molar-refractivity contribution is -0.144. The topological polar surface area (TPSA) is 111 Å². The minimum Gasteiger partial charge on any atom is -0.483 e. The number of carbonyl (C=O) groups excluding carboxylic acids is 3. The van der Waals surface area contributed by atoms with Crippen molar-refractivity contribution in [2.75, 3.05) is 32.8 Å². The van der Waals surface area contributed by atoms with Crippen molar-refractivity contribution in [3.05, 3.63) is 29.8 Å². The maximum atomic E-state index is 12.3. The Labute approximate surface area is 138 Å². The average molecular weight is 333 g/mol. The molecular formula is C16H19N3O5. The molecule has 8 heteroatoms. The fourth-order valence-electron chi connectivity index (χ4n) is 2.93. The summed E-state index contributed by atoms with van der Waals surface area (Å²) in [6, 6.07) is 6.52. The van der Waals surface area contributed by atoms with Crippen molar-refractivity contribution in [2.45, 2.75) is 12.0 Å². The van der Waals surface area contributed by atoms with E-state index in [9.17, 15) is 14.4 Å². The van der Waals surface area contributed by atoms with Gasteiger partial charge in [-0.15, -0.1) is 0 Å². The first-order chi connectivity index (χ1) is 11.5. The predicted molar refractivity (Wildman–Crippen MR) is 83.3 cm³/mol. The van der Waals surface area contributed by atoms with Crippen LogP contribution in [0, 0.1) is 0 Å². The van der Waals surface area contributed by atoms with Crippen LogP contribution in [0.3, 0.4) is 0 Å². The molecule has 0 saturated carbocycles. The summed E-state index contributed by atoms with van der Waals surface area (Å²) in [7, 11) is 0. The summed E-state index contributed by atoms with van der Waals surface area (Å²) in [5.74, 6) is -0.665. The quantitative estimate of drug-likeness (QED) is 0.755. The van der Waals surface area contributed by atoms with Crippen LogP contribution in [0.15, 0.2) is 24.3 Å². The van der Waals surface area contributed by atoms with E-state index < -0.39 is 11.5 Å². The maximum Gasteiger partial charge on any atom is 0.260 e. The molecule has 2 fully saturated rings. The Morgan fingerprint density at radius 2 is 2.17 bits per heavy atom. The van der Waals surface area contributed by atoms with Crippen molar-refractivity contribution >= 4 is 17.7 Å². The molecule has 1 atom stereocenters. The first-order valence-electron chi connectivity index (χ1n) is 7.69. The van der Waals surface area contributed by atoms with Crippen LogP contribution in [0.1, 0.15) is 16.8 Å². The van der Waals surface area contributed by atoms with Gasteiger partial charge in [-0.3, -0.25) is 14.4 Å². The molecule has 0 bridgehead atoms. The van der Waals surface area contributed by atoms with Gasteiger partial charge in [0, 0.05) is 13.1 Å². The smallest absolute Gasteiger partial charge is 0.260 e. The first kappa shape index (κ1) is 16.3. The Morgan fingerprint density at radius 1 is 1.38 bits per heavy atom. The fourth-order valence-corrected chi connectivity index (χ4v) is 2.93. The highest BCUT2D eigenvalue weighted by atomic mass is 16.5. The molecule has 128 valence electrons. The lowest BCUT2D eigenvalue weighted by Gasteiger charge is -2.33. The second-order valence-corrected chi connectivity index (χ2v) is 5.96. The molecule has 1 unspecified atom stereocenters. The van der Waals surface area contributed by atoms with Crippen molar-refractivity contribution in [1.82, 2.24) is 10.2 Å². The highest BCUT2D eigenvalue weighted by Gasteiger charge is 2.43. The summed E-state index contributed by atoms with van der Waals surface area (Å²) in [4.78, 5) is 36.5. The van der Waals surface area contributed by atoms with E-state index in [0.717, 1.165) is 0 Å². The molecule has 1 aromatic carbocycles. The van der Waals surface area contributed by atoms with E-state index in [2.05, 4.69) is 5.32 Å². The Morgan fingerprint density at radius 3 is 2.88 bits per heavy atom. The number of ether oxygens (including phenoxy) is 2. The van der Waals surface area contributed by atoms with Gasteiger partial charge in [0.15, 0.2) is 6.61 Å². The number of primary amides is 1. The standard InChI is InChI=1S/C16H19N3O5/c17-15(22)11-3-1-2-4-12(11)23-8-14(21)19-6-5-16(10-19)9-18-13(20)7-24-16/h1-4H,5-10H2,(H2,17,22)(H,18,20). The number of rotatable bonds is 4. The molecule has 0 aromatic heterocycles. The molecular weight excluding hydrogens is 314 g/mol. The molecule has 0 aliphatic carbocycles. The van der Waals surface area contributed by atoms with Gasteiger partial charge < -0.3 is 25.4 Å². The van der Waals surface area contributed by atoms with Gasteiger partial charge in [0.2, 0.25) is 5.91 Å². The van der Waals surface area contributed by atoms with Gasteiger partial charge in [0.1, 0.15) is 18.0 Å². The monoisotopic (exact) mass is 333 g/mol. The number of carbonyl (C=O) groups is 3. The van der Waals surface area contributed by atoms with Gasteiger partial charge in [-0.1, -0.05) is 12.1 Å². The molecule has 2 aliphatic rings. The predicted octanol–water partition coefficient (Wildman–Crippen LogP) is -0.718. The van der Waals surface area contributed by atoms with Crippen molar-refractivity contribution < 1.29 is 23.9 Å². The first-order valence-corrected chi connectivity index (χ1v) is 7.69. The Balaban J connectivity index is 1.57. The molecule has 24 heavy (non-hydrogen) atoms. The number of amides is 3. The lowest BCUT2D eigenvalue weighted by atomic mass is 10.0. The molecule has 1 aromatic rings. The molecule has 3 rings (SSSR count). The molecule has 2 aliphatic heterocycles. The highest BCUT2D eigenvalue weighted by Crippen LogP contribution is 2.27. The minimum atomic E-state index is -0.607. The third-order valence-electron chi connectivity index (χ3n) is 4.29. The van der Waals surface area contributed by atoms with Gasteiger partial charge in [-0.25, -0.2) is 0 Å². The second kappa shape index (κ2) is 6.48. The zero-order chi connectivity index (χ0) is 17.2. The molecule has 0 radical (unpaired) electrons. The van der Waals surface area contributed by atoms with Crippen LogP contribution >= 0.6 is 0 Å². The molecule has 8 nitrogen and oxygen atoms in total. The summed E-state index contributed by atoms with van der Waals surface area (Å²) in [5.41, 5.74) is 5.01. The van der Waals surface area contributed by atoms with Crippen LogP contribution in [-0.4, -0.2) is 61.1 Å². The molecule has 2 saturated heterocycles. The van der Waals surface area contributed by atoms with Crippen molar-refractivity contribution in [3.8, 4) is 5.75 Å². The molecule has 2 heterocycles. The number of nitrogens with two attached hydrogens (primary N) is 1. The van der Waals surface area contributed by atoms with Crippen molar-refractivity contribution in [2.24, 2.45) is 5.73 Å². The fraction of sp³-hybridized carbons (Fsp3) is 0.438. The van der Waals surface area contributed by atoms with Gasteiger partial charge in [0.25, 0.3) is 11.8 Å². The highest BCUT2D eigenvalue weighted by molar-refractivity contribution is 5.95. The van der Waals surface area contributed by atoms with Gasteiger partial charge >= 0.3 is 0 Å². The molecule has 1 spiro atoms. The van der Waals surface area contributed by atoms with Crippen LogP contribution < -0.4 is 15.8 Å². The van der Waals surface area contributed by atoms with Crippen LogP contribution in [-0.2, 0) is 14.3 Å². The molecule has 3 N–H and O–H groups in total. The SMILES string of the molecule is NC(=O)c1ccccc1OCC(=O)N1CCC2(CNC(=O)CO2)C1. The van der Waals surface area contributed by atoms with Gasteiger partial charge in [-0.2, -0.15) is 0 Å². The van der Waals surface area contributed by atoms with E-state index in [1.165, 1.54) is 0 Å². The number of hydrogen-bond acceptors (Lipinski definition) is 5. The number of morpholine rings is 1. The van der Waals surface area contributed by atoms with Crippen LogP contribution in [0.25, 0.3) is 0 Å². The Hall–Kier alpha value is -2.61. The lowest BCUT2D eigenvalue weighted by Crippen LogP contribution is -2.54. The summed E-state index contributed by atoms with van der Waals surface area (Å²) < 4.78 is 11.1. The number of nitrogens with zero attached hydrogens (tertiary/aromatic N) is 1. The minimum absolute atomic E-state index is 0.0184. The average Bonchev–Trinajstić information content (AvgIpc) is 3.00. The molecule has 3 amide bonds. The van der Waals surface area contributed by atoms with Crippen molar-refractivity contribution in [1.29, 1.82) is 0 Å². The zero-order valence-electron chi connectivity index (χ0n) is 13.1. The van der Waals surface area contributed by atoms with E-state index in [1.807, 2.05) is 0 Å². The van der Waals surface area contributed by atoms with E-state index in [-0.39, 0.29) is 36.3 Å². The Kier molecular flexibility index (Phi) is 4.39. The number of likely N-dealkylation sites (tertiary alicyclic amines) is 1. The van der Waals surface area contributed by atoms with E-state index in [0.29, 0.717) is 26.1 Å². The van der Waals surface area contributed by atoms with Crippen molar-refractivity contribution in [3.63, 3.8) is 0 Å². The van der Waals surface area contributed by atoms with Crippen LogP contribution in [0.2, 0.25) is 0 Å². The third kappa shape index (κ3) is 3.33. The second-order valence-electron chi connectivity index (χ2n) is 5.96. The number of nitrogens with one attached hydrogen (secondary N) is 1. The van der Waals surface area contributed by atoms with E-state index in [1.54, 1.807) is 29.2 Å². The Bertz CT molecular complexity index is 665. The van der Waals surface area contributed by atoms with Gasteiger partial charge in [0.05, 0.1) is 12.1 Å². The number of para-hydroxylation sites is 1. The van der Waals surface area contributed by atoms with Gasteiger partial charge in [-0.05, 0) is 18.6 Å². The largest absolute Gasteiger partial charge is 0.483 e. The summed E-state index contributed by atoms with van der Waals surface area (Å²) >= 11 is 0. The number of benzene rings is 1. The third-order valence-corrected chi connectivity index (χ3v) is 4.29. The summed E-state index contributed by atoms with van der Waals surface area (Å²) in [6.07, 6.45) is 0.664. The summed E-state index contributed by atoms with van der Waals surface area (Å²) in [5, 5.41) is 2.77. The van der Waals surface area contributed by atoms with Crippen LogP contribution in [0.5, 0.6) is 5.75 Å².